The van der Waals surface area contributed by atoms with Crippen LogP contribution in [-0.4, -0.2) is 44.8 Å². The zero-order valence-corrected chi connectivity index (χ0v) is 21.3. The third kappa shape index (κ3) is 7.67. The average molecular weight is 552 g/mol. The molecule has 0 radical (unpaired) electrons. The number of carbonyl (C=O) groups excluding carboxylic acids is 1. The van der Waals surface area contributed by atoms with E-state index in [9.17, 15) is 4.79 Å². The number of guanidine groups is 1. The number of halogens is 1. The molecule has 0 aromatic heterocycles. The Hall–Kier alpha value is -2.33. The lowest BCUT2D eigenvalue weighted by molar-refractivity contribution is 0.0963. The molecule has 1 saturated heterocycles. The number of amides is 1. The van der Waals surface area contributed by atoms with Gasteiger partial charge in [0, 0.05) is 37.7 Å². The number of hydrogen-bond acceptors (Lipinski definition) is 4. The van der Waals surface area contributed by atoms with Crippen molar-refractivity contribution < 1.29 is 14.3 Å². The molecule has 0 aliphatic carbocycles. The van der Waals surface area contributed by atoms with E-state index in [0.29, 0.717) is 31.2 Å². The van der Waals surface area contributed by atoms with Crippen molar-refractivity contribution in [3.63, 3.8) is 0 Å². The van der Waals surface area contributed by atoms with Gasteiger partial charge in [-0.15, -0.1) is 24.0 Å². The van der Waals surface area contributed by atoms with Crippen LogP contribution in [0.15, 0.2) is 47.5 Å². The number of hydrogen-bond donors (Lipinski definition) is 3. The molecule has 3 rings (SSSR count). The summed E-state index contributed by atoms with van der Waals surface area (Å²) in [6.45, 7) is 7.30. The number of nitrogens with zero attached hydrogens (tertiary/aromatic N) is 1. The largest absolute Gasteiger partial charge is 0.488 e. The molecule has 1 aliphatic heterocycles. The number of carbonyl (C=O) groups is 1. The SMILES string of the molecule is CCNC(=NCc1cccc(C(=O)NC)c1)NCc1ccc(C)cc1OC1CCOC1.I. The molecule has 174 valence electrons. The van der Waals surface area contributed by atoms with Crippen molar-refractivity contribution in [1.29, 1.82) is 0 Å². The smallest absolute Gasteiger partial charge is 0.251 e. The van der Waals surface area contributed by atoms with Crippen molar-refractivity contribution in [2.75, 3.05) is 26.8 Å². The topological polar surface area (TPSA) is 84.0 Å². The van der Waals surface area contributed by atoms with E-state index in [1.165, 1.54) is 0 Å². The first kappa shape index (κ1) is 25.9. The summed E-state index contributed by atoms with van der Waals surface area (Å²) in [4.78, 5) is 16.5. The minimum absolute atomic E-state index is 0. The third-order valence-corrected chi connectivity index (χ3v) is 5.03. The fourth-order valence-corrected chi connectivity index (χ4v) is 3.35. The molecule has 7 nitrogen and oxygen atoms in total. The van der Waals surface area contributed by atoms with Crippen LogP contribution in [0.25, 0.3) is 0 Å². The lowest BCUT2D eigenvalue weighted by Gasteiger charge is -2.18. The molecule has 3 N–H and O–H groups in total. The first-order chi connectivity index (χ1) is 15.1. The van der Waals surface area contributed by atoms with E-state index in [2.05, 4.69) is 46.1 Å². The van der Waals surface area contributed by atoms with Gasteiger partial charge in [-0.2, -0.15) is 0 Å². The molecule has 0 spiro atoms. The maximum atomic E-state index is 11.9. The van der Waals surface area contributed by atoms with Crippen molar-refractivity contribution >= 4 is 35.8 Å². The molecule has 0 bridgehead atoms. The van der Waals surface area contributed by atoms with E-state index in [4.69, 9.17) is 9.47 Å². The maximum Gasteiger partial charge on any atom is 0.251 e. The Bertz CT molecular complexity index is 914. The van der Waals surface area contributed by atoms with Crippen LogP contribution in [0.4, 0.5) is 0 Å². The summed E-state index contributed by atoms with van der Waals surface area (Å²) in [6.07, 6.45) is 1.02. The highest BCUT2D eigenvalue weighted by Crippen LogP contribution is 2.23. The molecule has 8 heteroatoms. The van der Waals surface area contributed by atoms with Gasteiger partial charge in [0.05, 0.1) is 19.8 Å². The standard InChI is InChI=1S/C24H32N4O3.HI/c1-4-26-24(27-14-18-6-5-7-19(13-18)23(29)25-3)28-15-20-9-8-17(2)12-22(20)31-21-10-11-30-16-21;/h5-9,12-13,21H,4,10-11,14-16H2,1-3H3,(H,25,29)(H2,26,27,28);1H. The molecule has 1 aliphatic rings. The maximum absolute atomic E-state index is 11.9. The Morgan fingerprint density at radius 3 is 2.78 bits per heavy atom. The number of aryl methyl sites for hydroxylation is 1. The number of aliphatic imine (C=N–C) groups is 1. The van der Waals surface area contributed by atoms with Gasteiger partial charge in [-0.25, -0.2) is 4.99 Å². The zero-order chi connectivity index (χ0) is 22.1. The van der Waals surface area contributed by atoms with Crippen LogP contribution < -0.4 is 20.7 Å². The summed E-state index contributed by atoms with van der Waals surface area (Å²) in [5.74, 6) is 1.50. The Balaban J connectivity index is 0.00000363. The van der Waals surface area contributed by atoms with Crippen LogP contribution in [0.3, 0.4) is 0 Å². The Kier molecular flexibility index (Phi) is 10.8. The van der Waals surface area contributed by atoms with Crippen molar-refractivity contribution in [3.8, 4) is 5.75 Å². The predicted octanol–water partition coefficient (Wildman–Crippen LogP) is 3.40. The van der Waals surface area contributed by atoms with Crippen molar-refractivity contribution in [2.45, 2.75) is 39.5 Å². The summed E-state index contributed by atoms with van der Waals surface area (Å²) in [6, 6.07) is 13.7. The third-order valence-electron chi connectivity index (χ3n) is 5.03. The van der Waals surface area contributed by atoms with Crippen LogP contribution >= 0.6 is 24.0 Å². The normalized spacial score (nSPS) is 15.6. The Morgan fingerprint density at radius 2 is 2.06 bits per heavy atom. The minimum Gasteiger partial charge on any atom is -0.488 e. The lowest BCUT2D eigenvalue weighted by atomic mass is 10.1. The van der Waals surface area contributed by atoms with Crippen molar-refractivity contribution in [3.05, 3.63) is 64.7 Å². The van der Waals surface area contributed by atoms with Gasteiger partial charge in [-0.3, -0.25) is 4.79 Å². The molecule has 32 heavy (non-hydrogen) atoms. The van der Waals surface area contributed by atoms with Crippen LogP contribution in [-0.2, 0) is 17.8 Å². The molecule has 1 unspecified atom stereocenters. The summed E-state index contributed by atoms with van der Waals surface area (Å²) in [5.41, 5.74) is 3.84. The quantitative estimate of drug-likeness (QED) is 0.266. The highest BCUT2D eigenvalue weighted by Gasteiger charge is 2.18. The summed E-state index contributed by atoms with van der Waals surface area (Å²) < 4.78 is 11.6. The van der Waals surface area contributed by atoms with Gasteiger partial charge in [0.2, 0.25) is 0 Å². The van der Waals surface area contributed by atoms with E-state index >= 15 is 0 Å². The van der Waals surface area contributed by atoms with Gasteiger partial charge in [-0.05, 0) is 43.2 Å². The highest BCUT2D eigenvalue weighted by atomic mass is 127. The number of nitrogens with one attached hydrogen (secondary N) is 3. The molecule has 2 aromatic rings. The molecular weight excluding hydrogens is 519 g/mol. The molecule has 1 heterocycles. The van der Waals surface area contributed by atoms with Crippen molar-refractivity contribution in [1.82, 2.24) is 16.0 Å². The summed E-state index contributed by atoms with van der Waals surface area (Å²) in [5, 5.41) is 9.31. The summed E-state index contributed by atoms with van der Waals surface area (Å²) >= 11 is 0. The second-order valence-corrected chi connectivity index (χ2v) is 7.54. The molecule has 2 aromatic carbocycles. The van der Waals surface area contributed by atoms with Gasteiger partial charge >= 0.3 is 0 Å². The number of ether oxygens (including phenoxy) is 2. The zero-order valence-electron chi connectivity index (χ0n) is 18.9. The van der Waals surface area contributed by atoms with Gasteiger partial charge in [0.1, 0.15) is 11.9 Å². The first-order valence-electron chi connectivity index (χ1n) is 10.8. The fourth-order valence-electron chi connectivity index (χ4n) is 3.35. The summed E-state index contributed by atoms with van der Waals surface area (Å²) in [7, 11) is 1.63. The van der Waals surface area contributed by atoms with E-state index in [0.717, 1.165) is 42.0 Å². The van der Waals surface area contributed by atoms with Crippen LogP contribution in [0.5, 0.6) is 5.75 Å². The average Bonchev–Trinajstić information content (AvgIpc) is 3.29. The minimum atomic E-state index is -0.101. The molecule has 1 fully saturated rings. The predicted molar refractivity (Wildman–Crippen MR) is 138 cm³/mol. The van der Waals surface area contributed by atoms with Gasteiger partial charge < -0.3 is 25.4 Å². The lowest BCUT2D eigenvalue weighted by Crippen LogP contribution is -2.37. The number of benzene rings is 2. The number of rotatable bonds is 8. The van der Waals surface area contributed by atoms with Crippen molar-refractivity contribution in [2.24, 2.45) is 4.99 Å². The van der Waals surface area contributed by atoms with Crippen LogP contribution in [0.1, 0.15) is 40.4 Å². The Morgan fingerprint density at radius 1 is 1.22 bits per heavy atom. The fraction of sp³-hybridized carbons (Fsp3) is 0.417. The Labute approximate surface area is 207 Å². The van der Waals surface area contributed by atoms with E-state index in [1.807, 2.05) is 25.1 Å². The van der Waals surface area contributed by atoms with E-state index in [-0.39, 0.29) is 36.0 Å². The molecule has 1 amide bonds. The van der Waals surface area contributed by atoms with Gasteiger partial charge in [-0.1, -0.05) is 24.3 Å². The first-order valence-corrected chi connectivity index (χ1v) is 10.8. The van der Waals surface area contributed by atoms with Gasteiger partial charge in [0.25, 0.3) is 5.91 Å². The molecule has 1 atom stereocenters. The molecule has 0 saturated carbocycles. The highest BCUT2D eigenvalue weighted by molar-refractivity contribution is 14.0. The second kappa shape index (κ2) is 13.3. The second-order valence-electron chi connectivity index (χ2n) is 7.54. The van der Waals surface area contributed by atoms with E-state index < -0.39 is 0 Å². The van der Waals surface area contributed by atoms with Crippen LogP contribution in [0.2, 0.25) is 0 Å². The van der Waals surface area contributed by atoms with Gasteiger partial charge in [0.15, 0.2) is 5.96 Å². The van der Waals surface area contributed by atoms with E-state index in [1.54, 1.807) is 13.1 Å². The monoisotopic (exact) mass is 552 g/mol. The van der Waals surface area contributed by atoms with Crippen LogP contribution in [0, 0.1) is 6.92 Å². The molecular formula is C24H33IN4O3.